The lowest BCUT2D eigenvalue weighted by Gasteiger charge is -2.04. The van der Waals surface area contributed by atoms with Gasteiger partial charge in [-0.05, 0) is 43.7 Å². The number of carbonyl (C=O) groups is 1. The van der Waals surface area contributed by atoms with Gasteiger partial charge < -0.3 is 9.15 Å². The van der Waals surface area contributed by atoms with Crippen LogP contribution in [0.5, 0.6) is 5.75 Å². The molecule has 3 rings (SSSR count). The second-order valence-corrected chi connectivity index (χ2v) is 6.11. The third kappa shape index (κ3) is 3.65. The number of amides is 1. The minimum absolute atomic E-state index is 0.217. The van der Waals surface area contributed by atoms with Crippen LogP contribution >= 0.6 is 11.3 Å². The van der Waals surface area contributed by atoms with Crippen LogP contribution in [-0.4, -0.2) is 17.5 Å². The molecular weight excluding hydrogens is 324 g/mol. The van der Waals surface area contributed by atoms with Crippen molar-refractivity contribution in [3.63, 3.8) is 0 Å². The number of thiazole rings is 1. The van der Waals surface area contributed by atoms with Gasteiger partial charge in [-0.1, -0.05) is 6.92 Å². The average Bonchev–Trinajstić information content (AvgIpc) is 3.22. The number of carbonyl (C=O) groups excluding carboxylic acids is 1. The maximum Gasteiger partial charge on any atom is 0.260 e. The van der Waals surface area contributed by atoms with E-state index in [-0.39, 0.29) is 5.91 Å². The molecular formula is C18H18N2O3S. The van der Waals surface area contributed by atoms with Crippen LogP contribution in [-0.2, 0) is 0 Å². The van der Waals surface area contributed by atoms with Gasteiger partial charge in [-0.15, -0.1) is 11.3 Å². The van der Waals surface area contributed by atoms with Gasteiger partial charge in [-0.25, -0.2) is 4.98 Å². The van der Waals surface area contributed by atoms with Crippen molar-refractivity contribution in [3.05, 3.63) is 53.3 Å². The van der Waals surface area contributed by atoms with Gasteiger partial charge in [0.25, 0.3) is 5.91 Å². The second-order valence-electron chi connectivity index (χ2n) is 5.26. The number of ether oxygens (including phenoxy) is 1. The van der Waals surface area contributed by atoms with Crippen molar-refractivity contribution in [3.8, 4) is 17.0 Å². The Kier molecular flexibility index (Phi) is 4.96. The van der Waals surface area contributed by atoms with Crippen LogP contribution in [0.1, 0.15) is 29.5 Å². The van der Waals surface area contributed by atoms with Gasteiger partial charge >= 0.3 is 0 Å². The molecule has 1 amide bonds. The Morgan fingerprint density at radius 2 is 2.08 bits per heavy atom. The molecule has 2 heterocycles. The van der Waals surface area contributed by atoms with Crippen molar-refractivity contribution in [2.75, 3.05) is 11.9 Å². The minimum Gasteiger partial charge on any atom is -0.494 e. The van der Waals surface area contributed by atoms with Crippen molar-refractivity contribution < 1.29 is 13.9 Å². The minimum atomic E-state index is -0.217. The topological polar surface area (TPSA) is 64.4 Å². The fourth-order valence-corrected chi connectivity index (χ4v) is 2.91. The van der Waals surface area contributed by atoms with Crippen molar-refractivity contribution in [1.29, 1.82) is 0 Å². The average molecular weight is 342 g/mol. The predicted octanol–water partition coefficient (Wildman–Crippen LogP) is 4.75. The summed E-state index contributed by atoms with van der Waals surface area (Å²) in [6, 6.07) is 9.43. The van der Waals surface area contributed by atoms with E-state index in [1.165, 1.54) is 17.6 Å². The van der Waals surface area contributed by atoms with Gasteiger partial charge in [0.2, 0.25) is 0 Å². The third-order valence-corrected chi connectivity index (χ3v) is 4.21. The van der Waals surface area contributed by atoms with Gasteiger partial charge in [0.05, 0.1) is 24.1 Å². The molecule has 24 heavy (non-hydrogen) atoms. The maximum atomic E-state index is 12.2. The Hall–Kier alpha value is -2.60. The number of nitrogens with zero attached hydrogens (tertiary/aromatic N) is 1. The number of aromatic nitrogens is 1. The Balaban J connectivity index is 1.69. The van der Waals surface area contributed by atoms with Crippen molar-refractivity contribution >= 4 is 22.4 Å². The summed E-state index contributed by atoms with van der Waals surface area (Å²) in [5.74, 6) is 1.22. The van der Waals surface area contributed by atoms with Crippen LogP contribution in [0.25, 0.3) is 11.3 Å². The molecule has 0 radical (unpaired) electrons. The molecule has 124 valence electrons. The van der Waals surface area contributed by atoms with E-state index in [9.17, 15) is 4.79 Å². The molecule has 0 saturated carbocycles. The molecule has 0 spiro atoms. The Labute approximate surface area is 144 Å². The number of hydrogen-bond acceptors (Lipinski definition) is 5. The second kappa shape index (κ2) is 7.31. The molecule has 0 atom stereocenters. The monoisotopic (exact) mass is 342 g/mol. The normalized spacial score (nSPS) is 10.6. The van der Waals surface area contributed by atoms with Crippen LogP contribution in [0.2, 0.25) is 0 Å². The van der Waals surface area contributed by atoms with Gasteiger partial charge in [0.15, 0.2) is 5.13 Å². The number of furan rings is 1. The Morgan fingerprint density at radius 1 is 1.29 bits per heavy atom. The summed E-state index contributed by atoms with van der Waals surface area (Å²) in [4.78, 5) is 16.6. The van der Waals surface area contributed by atoms with E-state index >= 15 is 0 Å². The Morgan fingerprint density at radius 3 is 2.75 bits per heavy atom. The van der Waals surface area contributed by atoms with Crippen LogP contribution in [0.4, 0.5) is 5.13 Å². The molecule has 0 aliphatic heterocycles. The van der Waals surface area contributed by atoms with Crippen LogP contribution in [0.15, 0.2) is 46.4 Å². The SMILES string of the molecule is CCCOc1ccc(-c2csc(NC(=O)c3ccoc3C)n2)cc1. The first kappa shape index (κ1) is 16.3. The predicted molar refractivity (Wildman–Crippen MR) is 94.7 cm³/mol. The fourth-order valence-electron chi connectivity index (χ4n) is 2.19. The third-order valence-electron chi connectivity index (χ3n) is 3.45. The summed E-state index contributed by atoms with van der Waals surface area (Å²) in [5.41, 5.74) is 2.32. The van der Waals surface area contributed by atoms with Crippen LogP contribution in [0.3, 0.4) is 0 Å². The van der Waals surface area contributed by atoms with Crippen molar-refractivity contribution in [1.82, 2.24) is 4.98 Å². The van der Waals surface area contributed by atoms with Gasteiger partial charge in [-0.2, -0.15) is 0 Å². The maximum absolute atomic E-state index is 12.2. The summed E-state index contributed by atoms with van der Waals surface area (Å²) >= 11 is 1.39. The molecule has 1 aromatic carbocycles. The summed E-state index contributed by atoms with van der Waals surface area (Å²) < 4.78 is 10.7. The first-order chi connectivity index (χ1) is 11.7. The Bertz CT molecular complexity index is 821. The van der Waals surface area contributed by atoms with Crippen LogP contribution < -0.4 is 10.1 Å². The smallest absolute Gasteiger partial charge is 0.260 e. The largest absolute Gasteiger partial charge is 0.494 e. The van der Waals surface area contributed by atoms with E-state index in [0.29, 0.717) is 23.1 Å². The lowest BCUT2D eigenvalue weighted by molar-refractivity contribution is 0.102. The number of nitrogens with one attached hydrogen (secondary N) is 1. The summed E-state index contributed by atoms with van der Waals surface area (Å²) in [7, 11) is 0. The van der Waals surface area contributed by atoms with E-state index < -0.39 is 0 Å². The number of aryl methyl sites for hydroxylation is 1. The number of benzene rings is 1. The molecule has 3 aromatic rings. The zero-order valence-corrected chi connectivity index (χ0v) is 14.4. The first-order valence-corrected chi connectivity index (χ1v) is 8.59. The van der Waals surface area contributed by atoms with E-state index in [0.717, 1.165) is 23.4 Å². The lowest BCUT2D eigenvalue weighted by atomic mass is 10.2. The van der Waals surface area contributed by atoms with E-state index in [2.05, 4.69) is 17.2 Å². The number of rotatable bonds is 6. The zero-order valence-electron chi connectivity index (χ0n) is 13.5. The van der Waals surface area contributed by atoms with Gasteiger partial charge in [0.1, 0.15) is 11.5 Å². The van der Waals surface area contributed by atoms with E-state index in [4.69, 9.17) is 9.15 Å². The highest BCUT2D eigenvalue weighted by Crippen LogP contribution is 2.27. The molecule has 0 fully saturated rings. The van der Waals surface area contributed by atoms with E-state index in [1.807, 2.05) is 29.6 Å². The standard InChI is InChI=1S/C18H18N2O3S/c1-3-9-23-14-6-4-13(5-7-14)16-11-24-18(19-16)20-17(21)15-8-10-22-12(15)2/h4-8,10-11H,3,9H2,1-2H3,(H,19,20,21). The van der Waals surface area contributed by atoms with Crippen molar-refractivity contribution in [2.24, 2.45) is 0 Å². The van der Waals surface area contributed by atoms with E-state index in [1.54, 1.807) is 13.0 Å². The highest BCUT2D eigenvalue weighted by molar-refractivity contribution is 7.14. The summed E-state index contributed by atoms with van der Waals surface area (Å²) in [6.07, 6.45) is 2.48. The molecule has 1 N–H and O–H groups in total. The molecule has 0 bridgehead atoms. The van der Waals surface area contributed by atoms with Gasteiger partial charge in [0, 0.05) is 10.9 Å². The molecule has 0 aliphatic rings. The zero-order chi connectivity index (χ0) is 16.9. The summed E-state index contributed by atoms with van der Waals surface area (Å²) in [6.45, 7) is 4.54. The fraction of sp³-hybridized carbons (Fsp3) is 0.222. The van der Waals surface area contributed by atoms with Crippen molar-refractivity contribution in [2.45, 2.75) is 20.3 Å². The molecule has 6 heteroatoms. The number of anilines is 1. The molecule has 0 saturated heterocycles. The first-order valence-electron chi connectivity index (χ1n) is 7.71. The highest BCUT2D eigenvalue weighted by Gasteiger charge is 2.13. The highest BCUT2D eigenvalue weighted by atomic mass is 32.1. The molecule has 0 unspecified atom stereocenters. The summed E-state index contributed by atoms with van der Waals surface area (Å²) in [5, 5.41) is 5.27. The lowest BCUT2D eigenvalue weighted by Crippen LogP contribution is -2.11. The quantitative estimate of drug-likeness (QED) is 0.702. The van der Waals surface area contributed by atoms with Gasteiger partial charge in [-0.3, -0.25) is 10.1 Å². The molecule has 0 aliphatic carbocycles. The molecule has 2 aromatic heterocycles. The number of hydrogen-bond donors (Lipinski definition) is 1. The molecule has 5 nitrogen and oxygen atoms in total. The van der Waals surface area contributed by atoms with Crippen LogP contribution in [0, 0.1) is 6.92 Å².